The van der Waals surface area contributed by atoms with Gasteiger partial charge in [0.15, 0.2) is 6.29 Å². The summed E-state index contributed by atoms with van der Waals surface area (Å²) in [5.74, 6) is 0.847. The van der Waals surface area contributed by atoms with Gasteiger partial charge in [-0.15, -0.1) is 11.3 Å². The first-order chi connectivity index (χ1) is 12.5. The molecule has 0 bridgehead atoms. The Morgan fingerprint density at radius 3 is 2.81 bits per heavy atom. The summed E-state index contributed by atoms with van der Waals surface area (Å²) in [5, 5.41) is 4.04. The SMILES string of the molecule is CN(C)c1ncnc2sc(C=O)cc12.CN=CNC1=CC=C(C)C=CC1. The highest BCUT2D eigenvalue weighted by Crippen LogP contribution is 2.28. The Bertz CT molecular complexity index is 877. The van der Waals surface area contributed by atoms with Gasteiger partial charge in [-0.1, -0.05) is 23.8 Å². The molecule has 0 atom stereocenters. The summed E-state index contributed by atoms with van der Waals surface area (Å²) in [4.78, 5) is 26.2. The number of carbonyl (C=O) groups is 1. The molecule has 1 N–H and O–H groups in total. The highest BCUT2D eigenvalue weighted by molar-refractivity contribution is 7.20. The normalized spacial score (nSPS) is 13.5. The minimum absolute atomic E-state index is 0.684. The molecule has 7 heteroatoms. The van der Waals surface area contributed by atoms with E-state index in [-0.39, 0.29) is 0 Å². The summed E-state index contributed by atoms with van der Waals surface area (Å²) in [6.45, 7) is 2.09. The second-order valence-electron chi connectivity index (χ2n) is 5.82. The largest absolute Gasteiger partial charge is 0.362 e. The summed E-state index contributed by atoms with van der Waals surface area (Å²) >= 11 is 1.38. The number of hydrogen-bond donors (Lipinski definition) is 1. The van der Waals surface area contributed by atoms with E-state index in [0.717, 1.165) is 28.7 Å². The fourth-order valence-corrected chi connectivity index (χ4v) is 3.07. The van der Waals surface area contributed by atoms with E-state index in [4.69, 9.17) is 0 Å². The maximum Gasteiger partial charge on any atom is 0.160 e. The minimum atomic E-state index is 0.684. The van der Waals surface area contributed by atoms with Gasteiger partial charge in [0.25, 0.3) is 0 Å². The fourth-order valence-electron chi connectivity index (χ4n) is 2.26. The first-order valence-corrected chi connectivity index (χ1v) is 8.95. The zero-order valence-corrected chi connectivity index (χ0v) is 16.2. The van der Waals surface area contributed by atoms with Gasteiger partial charge in [-0.25, -0.2) is 9.97 Å². The zero-order chi connectivity index (χ0) is 18.9. The van der Waals surface area contributed by atoms with Crippen molar-refractivity contribution in [3.63, 3.8) is 0 Å². The molecule has 0 unspecified atom stereocenters. The van der Waals surface area contributed by atoms with Crippen molar-refractivity contribution in [2.24, 2.45) is 4.99 Å². The molecule has 0 aliphatic heterocycles. The molecule has 0 radical (unpaired) electrons. The van der Waals surface area contributed by atoms with Crippen LogP contribution in [0.4, 0.5) is 5.82 Å². The number of carbonyl (C=O) groups excluding carboxylic acids is 1. The third-order valence-corrected chi connectivity index (χ3v) is 4.48. The van der Waals surface area contributed by atoms with Crippen molar-refractivity contribution in [1.82, 2.24) is 15.3 Å². The van der Waals surface area contributed by atoms with Crippen LogP contribution in [0, 0.1) is 0 Å². The number of allylic oxidation sites excluding steroid dienone is 5. The van der Waals surface area contributed by atoms with Gasteiger partial charge in [-0.2, -0.15) is 0 Å². The summed E-state index contributed by atoms with van der Waals surface area (Å²) in [7, 11) is 5.58. The number of nitrogens with one attached hydrogen (secondary N) is 1. The summed E-state index contributed by atoms with van der Waals surface area (Å²) < 4.78 is 0. The van der Waals surface area contributed by atoms with Crippen LogP contribution in [0.2, 0.25) is 0 Å². The average Bonchev–Trinajstić information content (AvgIpc) is 2.96. The lowest BCUT2D eigenvalue weighted by Crippen LogP contribution is -2.10. The van der Waals surface area contributed by atoms with Gasteiger partial charge in [0, 0.05) is 33.3 Å². The monoisotopic (exact) mass is 369 g/mol. The Morgan fingerprint density at radius 2 is 2.12 bits per heavy atom. The molecule has 3 rings (SSSR count). The molecule has 2 heterocycles. The maximum absolute atomic E-state index is 10.6. The third-order valence-electron chi connectivity index (χ3n) is 3.51. The van der Waals surface area contributed by atoms with E-state index >= 15 is 0 Å². The van der Waals surface area contributed by atoms with Crippen LogP contribution in [0.25, 0.3) is 10.2 Å². The molecule has 0 amide bonds. The number of rotatable bonds is 4. The van der Waals surface area contributed by atoms with Crippen LogP contribution in [0.3, 0.4) is 0 Å². The molecular formula is C19H23N5OS. The number of anilines is 1. The van der Waals surface area contributed by atoms with Crippen LogP contribution in [-0.4, -0.2) is 43.7 Å². The topological polar surface area (TPSA) is 70.5 Å². The Kier molecular flexibility index (Phi) is 7.23. The number of thiophene rings is 1. The minimum Gasteiger partial charge on any atom is -0.362 e. The highest BCUT2D eigenvalue weighted by atomic mass is 32.1. The molecule has 0 saturated carbocycles. The Balaban J connectivity index is 0.000000190. The fraction of sp³-hybridized carbons (Fsp3) is 0.263. The van der Waals surface area contributed by atoms with Gasteiger partial charge in [0.1, 0.15) is 17.0 Å². The molecule has 0 aromatic carbocycles. The van der Waals surface area contributed by atoms with Gasteiger partial charge >= 0.3 is 0 Å². The summed E-state index contributed by atoms with van der Waals surface area (Å²) in [6, 6.07) is 1.82. The number of aldehydes is 1. The molecule has 6 nitrogen and oxygen atoms in total. The van der Waals surface area contributed by atoms with E-state index < -0.39 is 0 Å². The van der Waals surface area contributed by atoms with Crippen LogP contribution >= 0.6 is 11.3 Å². The Morgan fingerprint density at radius 1 is 1.31 bits per heavy atom. The van der Waals surface area contributed by atoms with E-state index in [0.29, 0.717) is 4.88 Å². The van der Waals surface area contributed by atoms with E-state index in [2.05, 4.69) is 51.5 Å². The lowest BCUT2D eigenvalue weighted by molar-refractivity contribution is 0.112. The lowest BCUT2D eigenvalue weighted by atomic mass is 10.3. The number of fused-ring (bicyclic) bond motifs is 1. The van der Waals surface area contributed by atoms with Gasteiger partial charge in [0.05, 0.1) is 16.6 Å². The van der Waals surface area contributed by atoms with E-state index in [1.54, 1.807) is 13.4 Å². The predicted octanol–water partition coefficient (Wildman–Crippen LogP) is 3.59. The van der Waals surface area contributed by atoms with Crippen molar-refractivity contribution in [3.05, 3.63) is 52.8 Å². The van der Waals surface area contributed by atoms with Crippen LogP contribution in [0.15, 0.2) is 53.0 Å². The standard InChI is InChI=1S/C10H14N2.C9H9N3OS/c1-9-4-3-5-10(7-6-9)12-8-11-2;1-12(2)8-7-3-6(4-13)14-9(7)11-5-10-8/h3-4,6-8H,5H2,1-2H3,(H,11,12);3-5H,1-2H3. The molecule has 1 aliphatic rings. The quantitative estimate of drug-likeness (QED) is 0.507. The van der Waals surface area contributed by atoms with Crippen LogP contribution < -0.4 is 10.2 Å². The van der Waals surface area contributed by atoms with Crippen molar-refractivity contribution >= 4 is 40.0 Å². The lowest BCUT2D eigenvalue weighted by Gasteiger charge is -2.10. The van der Waals surface area contributed by atoms with E-state index in [1.165, 1.54) is 28.9 Å². The summed E-state index contributed by atoms with van der Waals surface area (Å²) in [6.07, 6.45) is 13.4. The van der Waals surface area contributed by atoms with Crippen molar-refractivity contribution < 1.29 is 4.79 Å². The van der Waals surface area contributed by atoms with E-state index in [1.807, 2.05) is 25.1 Å². The van der Waals surface area contributed by atoms with Gasteiger partial charge in [0.2, 0.25) is 0 Å². The average molecular weight is 369 g/mol. The van der Waals surface area contributed by atoms with Crippen molar-refractivity contribution in [2.45, 2.75) is 13.3 Å². The number of aromatic nitrogens is 2. The third kappa shape index (κ3) is 5.35. The van der Waals surface area contributed by atoms with Gasteiger partial charge in [-0.3, -0.25) is 9.79 Å². The molecule has 2 aromatic rings. The van der Waals surface area contributed by atoms with Crippen molar-refractivity contribution in [2.75, 3.05) is 26.0 Å². The van der Waals surface area contributed by atoms with Crippen LogP contribution in [-0.2, 0) is 0 Å². The molecule has 136 valence electrons. The van der Waals surface area contributed by atoms with Crippen molar-refractivity contribution in [3.8, 4) is 0 Å². The smallest absolute Gasteiger partial charge is 0.160 e. The molecular weight excluding hydrogens is 346 g/mol. The number of hydrogen-bond acceptors (Lipinski definition) is 6. The number of aliphatic imine (C=N–C) groups is 1. The maximum atomic E-state index is 10.6. The zero-order valence-electron chi connectivity index (χ0n) is 15.4. The molecule has 1 aliphatic carbocycles. The first kappa shape index (κ1) is 19.5. The molecule has 2 aromatic heterocycles. The Labute approximate surface area is 157 Å². The van der Waals surface area contributed by atoms with Gasteiger partial charge < -0.3 is 10.2 Å². The van der Waals surface area contributed by atoms with E-state index in [9.17, 15) is 4.79 Å². The molecule has 0 fully saturated rings. The molecule has 26 heavy (non-hydrogen) atoms. The highest BCUT2D eigenvalue weighted by Gasteiger charge is 2.09. The van der Waals surface area contributed by atoms with Crippen molar-refractivity contribution in [1.29, 1.82) is 0 Å². The second-order valence-corrected chi connectivity index (χ2v) is 6.88. The van der Waals surface area contributed by atoms with Gasteiger partial charge in [-0.05, 0) is 19.1 Å². The molecule has 0 spiro atoms. The van der Waals surface area contributed by atoms with Crippen LogP contribution in [0.5, 0.6) is 0 Å². The Hall–Kier alpha value is -2.80. The predicted molar refractivity (Wildman–Crippen MR) is 110 cm³/mol. The molecule has 0 saturated heterocycles. The van der Waals surface area contributed by atoms with Crippen LogP contribution in [0.1, 0.15) is 23.0 Å². The first-order valence-electron chi connectivity index (χ1n) is 8.13. The number of nitrogens with zero attached hydrogens (tertiary/aromatic N) is 4. The summed E-state index contributed by atoms with van der Waals surface area (Å²) in [5.41, 5.74) is 2.45. The second kappa shape index (κ2) is 9.62.